The van der Waals surface area contributed by atoms with Crippen LogP contribution in [0, 0.1) is 0 Å². The number of H-pyrrole nitrogens is 1. The summed E-state index contributed by atoms with van der Waals surface area (Å²) in [5, 5.41) is 10.7. The maximum Gasteiger partial charge on any atom is 0.192 e. The summed E-state index contributed by atoms with van der Waals surface area (Å²) in [6.07, 6.45) is 4.86. The maximum absolute atomic E-state index is 13.3. The van der Waals surface area contributed by atoms with Crippen LogP contribution in [-0.2, 0) is 11.3 Å². The first-order valence-electron chi connectivity index (χ1n) is 11.6. The summed E-state index contributed by atoms with van der Waals surface area (Å²) >= 11 is 1.48. The fraction of sp³-hybridized carbons (Fsp3) is 0.346. The van der Waals surface area contributed by atoms with Crippen LogP contribution in [0.15, 0.2) is 59.9 Å². The molecule has 4 aromatic rings. The lowest BCUT2D eigenvalue weighted by Crippen LogP contribution is -2.20. The number of carbonyl (C=O) groups excluding carboxylic acids is 1. The van der Waals surface area contributed by atoms with Gasteiger partial charge in [0.2, 0.25) is 0 Å². The van der Waals surface area contributed by atoms with Crippen molar-refractivity contribution in [2.45, 2.75) is 49.2 Å². The van der Waals surface area contributed by atoms with Crippen LogP contribution in [0.4, 0.5) is 0 Å². The van der Waals surface area contributed by atoms with Gasteiger partial charge in [0.1, 0.15) is 5.75 Å². The molecule has 0 amide bonds. The number of aromatic amines is 1. The van der Waals surface area contributed by atoms with Crippen LogP contribution in [0.3, 0.4) is 0 Å². The van der Waals surface area contributed by atoms with Crippen molar-refractivity contribution < 1.29 is 14.3 Å². The monoisotopic (exact) mass is 476 g/mol. The molecule has 3 heterocycles. The number of carbonyl (C=O) groups is 1. The zero-order chi connectivity index (χ0) is 23.5. The molecule has 2 aromatic carbocycles. The fourth-order valence-corrected chi connectivity index (χ4v) is 5.42. The number of para-hydroxylation sites is 1. The van der Waals surface area contributed by atoms with Crippen molar-refractivity contribution in [3.05, 3.63) is 60.3 Å². The van der Waals surface area contributed by atoms with Gasteiger partial charge < -0.3 is 14.5 Å². The van der Waals surface area contributed by atoms with E-state index in [2.05, 4.69) is 31.9 Å². The van der Waals surface area contributed by atoms with Crippen LogP contribution in [0.25, 0.3) is 22.3 Å². The van der Waals surface area contributed by atoms with E-state index in [0.717, 1.165) is 52.6 Å². The van der Waals surface area contributed by atoms with Crippen molar-refractivity contribution in [1.82, 2.24) is 19.7 Å². The van der Waals surface area contributed by atoms with E-state index < -0.39 is 0 Å². The van der Waals surface area contributed by atoms with E-state index in [4.69, 9.17) is 9.47 Å². The third-order valence-electron chi connectivity index (χ3n) is 6.24. The van der Waals surface area contributed by atoms with Crippen LogP contribution in [0.2, 0.25) is 0 Å². The van der Waals surface area contributed by atoms with E-state index in [1.807, 2.05) is 49.5 Å². The third-order valence-corrected chi connectivity index (χ3v) is 7.59. The second-order valence-corrected chi connectivity index (χ2v) is 9.58. The first kappa shape index (κ1) is 22.7. The minimum absolute atomic E-state index is 0.0791. The van der Waals surface area contributed by atoms with E-state index in [9.17, 15) is 4.79 Å². The predicted octanol–water partition coefficient (Wildman–Crippen LogP) is 5.37. The molecular formula is C26H28N4O3S. The molecule has 0 radical (unpaired) electrons. The molecule has 7 nitrogen and oxygen atoms in total. The molecule has 1 N–H and O–H groups in total. The highest BCUT2D eigenvalue weighted by molar-refractivity contribution is 8.00. The predicted molar refractivity (Wildman–Crippen MR) is 134 cm³/mol. The summed E-state index contributed by atoms with van der Waals surface area (Å²) in [7, 11) is 1.62. The molecule has 2 atom stereocenters. The smallest absolute Gasteiger partial charge is 0.192 e. The molecule has 34 heavy (non-hydrogen) atoms. The van der Waals surface area contributed by atoms with Crippen molar-refractivity contribution in [3.63, 3.8) is 0 Å². The van der Waals surface area contributed by atoms with Gasteiger partial charge in [-0.25, -0.2) is 0 Å². The Morgan fingerprint density at radius 2 is 2.06 bits per heavy atom. The summed E-state index contributed by atoms with van der Waals surface area (Å²) in [6.45, 7) is 3.48. The van der Waals surface area contributed by atoms with E-state index in [1.54, 1.807) is 7.11 Å². The van der Waals surface area contributed by atoms with Gasteiger partial charge in [0, 0.05) is 34.8 Å². The molecular weight excluding hydrogens is 448 g/mol. The van der Waals surface area contributed by atoms with Gasteiger partial charge in [0.15, 0.2) is 16.8 Å². The third kappa shape index (κ3) is 4.48. The molecule has 5 rings (SSSR count). The largest absolute Gasteiger partial charge is 0.497 e. The Labute approximate surface area is 202 Å². The van der Waals surface area contributed by atoms with Gasteiger partial charge in [-0.05, 0) is 49.6 Å². The van der Waals surface area contributed by atoms with Gasteiger partial charge >= 0.3 is 0 Å². The minimum atomic E-state index is -0.267. The highest BCUT2D eigenvalue weighted by atomic mass is 32.2. The lowest BCUT2D eigenvalue weighted by atomic mass is 10.1. The second kappa shape index (κ2) is 10.0. The first-order valence-corrected chi connectivity index (χ1v) is 12.5. The lowest BCUT2D eigenvalue weighted by molar-refractivity contribution is 0.0953. The van der Waals surface area contributed by atoms with Crippen LogP contribution in [-0.4, -0.2) is 50.6 Å². The Bertz CT molecular complexity index is 1270. The van der Waals surface area contributed by atoms with Crippen LogP contribution in [0.1, 0.15) is 36.5 Å². The summed E-state index contributed by atoms with van der Waals surface area (Å²) in [5.74, 6) is 1.61. The molecule has 2 unspecified atom stereocenters. The number of ketones is 1. The van der Waals surface area contributed by atoms with E-state index >= 15 is 0 Å². The van der Waals surface area contributed by atoms with Crippen molar-refractivity contribution in [1.29, 1.82) is 0 Å². The first-order chi connectivity index (χ1) is 16.7. The molecule has 2 aromatic heterocycles. The van der Waals surface area contributed by atoms with Gasteiger partial charge in [-0.2, -0.15) is 0 Å². The Balaban J connectivity index is 1.48. The molecule has 0 spiro atoms. The van der Waals surface area contributed by atoms with Gasteiger partial charge in [0.05, 0.1) is 25.0 Å². The highest BCUT2D eigenvalue weighted by Crippen LogP contribution is 2.34. The number of nitrogens with zero attached hydrogens (tertiary/aromatic N) is 3. The molecule has 0 bridgehead atoms. The average molecular weight is 477 g/mol. The zero-order valence-electron chi connectivity index (χ0n) is 19.4. The number of thioether (sulfide) groups is 1. The van der Waals surface area contributed by atoms with Gasteiger partial charge in [0.25, 0.3) is 0 Å². The summed E-state index contributed by atoms with van der Waals surface area (Å²) in [6, 6.07) is 15.4. The number of benzene rings is 2. The number of methoxy groups -OCH3 is 1. The van der Waals surface area contributed by atoms with E-state index in [-0.39, 0.29) is 17.1 Å². The van der Waals surface area contributed by atoms with Crippen molar-refractivity contribution in [2.24, 2.45) is 0 Å². The quantitative estimate of drug-likeness (QED) is 0.258. The Morgan fingerprint density at radius 1 is 1.24 bits per heavy atom. The van der Waals surface area contributed by atoms with Crippen molar-refractivity contribution in [2.75, 3.05) is 13.7 Å². The summed E-state index contributed by atoms with van der Waals surface area (Å²) in [4.78, 5) is 16.6. The molecule has 8 heteroatoms. The molecule has 1 aliphatic heterocycles. The number of ether oxygens (including phenoxy) is 2. The minimum Gasteiger partial charge on any atom is -0.497 e. The number of rotatable bonds is 9. The normalized spacial score (nSPS) is 16.7. The average Bonchev–Trinajstić information content (AvgIpc) is 3.63. The van der Waals surface area contributed by atoms with Crippen LogP contribution < -0.4 is 4.74 Å². The summed E-state index contributed by atoms with van der Waals surface area (Å²) < 4.78 is 13.3. The Morgan fingerprint density at radius 3 is 2.79 bits per heavy atom. The highest BCUT2D eigenvalue weighted by Gasteiger charge is 2.27. The van der Waals surface area contributed by atoms with Crippen molar-refractivity contribution in [3.8, 4) is 17.1 Å². The molecule has 1 fully saturated rings. The maximum atomic E-state index is 13.3. The molecule has 0 saturated carbocycles. The Hall–Kier alpha value is -3.10. The van der Waals surface area contributed by atoms with E-state index in [0.29, 0.717) is 18.5 Å². The topological polar surface area (TPSA) is 82.0 Å². The second-order valence-electron chi connectivity index (χ2n) is 8.41. The van der Waals surface area contributed by atoms with Gasteiger partial charge in [-0.3, -0.25) is 9.36 Å². The fourth-order valence-electron chi connectivity index (χ4n) is 4.38. The van der Waals surface area contributed by atoms with Gasteiger partial charge in [-0.15, -0.1) is 10.2 Å². The SMILES string of the molecule is CCC(Sc1nnc(-c2c[nH]c3ccccc23)n1CC1CCCO1)C(=O)c1ccc(OC)cc1. The molecule has 0 aliphatic carbocycles. The zero-order valence-corrected chi connectivity index (χ0v) is 20.2. The number of aromatic nitrogens is 4. The lowest BCUT2D eigenvalue weighted by Gasteiger charge is -2.17. The van der Waals surface area contributed by atoms with Crippen molar-refractivity contribution >= 4 is 28.4 Å². The van der Waals surface area contributed by atoms with Crippen LogP contribution in [0.5, 0.6) is 5.75 Å². The van der Waals surface area contributed by atoms with Crippen LogP contribution >= 0.6 is 11.8 Å². The Kier molecular flexibility index (Phi) is 6.69. The number of fused-ring (bicyclic) bond motifs is 1. The van der Waals surface area contributed by atoms with E-state index in [1.165, 1.54) is 11.8 Å². The number of hydrogen-bond acceptors (Lipinski definition) is 6. The standard InChI is InChI=1S/C26H28N4O3S/c1-3-23(24(31)17-10-12-18(32-2)13-11-17)34-26-29-28-25(30(26)16-19-7-6-14-33-19)21-15-27-22-9-5-4-8-20(21)22/h4-5,8-13,15,19,23,27H,3,6-7,14,16H2,1-2H3. The molecule has 1 saturated heterocycles. The molecule has 1 aliphatic rings. The number of hydrogen-bond donors (Lipinski definition) is 1. The summed E-state index contributed by atoms with van der Waals surface area (Å²) in [5.41, 5.74) is 2.73. The van der Waals surface area contributed by atoms with Gasteiger partial charge in [-0.1, -0.05) is 36.9 Å². The molecule has 176 valence electrons. The number of Topliss-reactive ketones (excluding diaryl/α,β-unsaturated/α-hetero) is 1. The number of nitrogens with one attached hydrogen (secondary N) is 1.